The van der Waals surface area contributed by atoms with Gasteiger partial charge in [0.05, 0.1) is 12.8 Å². The van der Waals surface area contributed by atoms with Gasteiger partial charge in [0.15, 0.2) is 0 Å². The zero-order valence-corrected chi connectivity index (χ0v) is 39.0. The zero-order valence-electron chi connectivity index (χ0n) is 39.0. The van der Waals surface area contributed by atoms with Crippen LogP contribution in [-0.2, 0) is 19.1 Å². The van der Waals surface area contributed by atoms with Crippen LogP contribution in [0.25, 0.3) is 0 Å². The van der Waals surface area contributed by atoms with Crippen LogP contribution >= 0.6 is 0 Å². The van der Waals surface area contributed by atoms with Crippen LogP contribution in [0.4, 0.5) is 0 Å². The monoisotopic (exact) mass is 799 g/mol. The highest BCUT2D eigenvalue weighted by Gasteiger charge is 2.28. The number of ether oxygens (including phenoxy) is 2. The maximum atomic E-state index is 13.1. The lowest BCUT2D eigenvalue weighted by Gasteiger charge is -2.28. The third kappa shape index (κ3) is 37.8. The molecule has 0 radical (unpaired) electrons. The van der Waals surface area contributed by atoms with Crippen LogP contribution in [0, 0.1) is 11.8 Å². The molecular weight excluding hydrogens is 705 g/mol. The first kappa shape index (κ1) is 54.8. The van der Waals surface area contributed by atoms with Gasteiger partial charge in [-0.25, -0.2) is 0 Å². The number of rotatable bonds is 40. The molecule has 0 aromatic heterocycles. The molecule has 0 saturated heterocycles. The summed E-state index contributed by atoms with van der Waals surface area (Å²) in [6.45, 7) is 10.5. The third-order valence-electron chi connectivity index (χ3n) is 11.0. The Morgan fingerprint density at radius 3 is 1.23 bits per heavy atom. The molecule has 3 atom stereocenters. The van der Waals surface area contributed by atoms with Crippen LogP contribution in [0.1, 0.15) is 201 Å². The van der Waals surface area contributed by atoms with Gasteiger partial charge < -0.3 is 19.3 Å². The number of carbonyl (C=O) groups excluding carboxylic acids is 2. The van der Waals surface area contributed by atoms with Gasteiger partial charge in [-0.3, -0.25) is 9.59 Å². The maximum Gasteiger partial charge on any atom is 0.307 e. The van der Waals surface area contributed by atoms with Crippen molar-refractivity contribution in [3.05, 3.63) is 48.6 Å². The third-order valence-corrected chi connectivity index (χ3v) is 11.0. The first-order valence-electron chi connectivity index (χ1n) is 23.9. The normalized spacial score (nSPS) is 14.0. The second-order valence-corrected chi connectivity index (χ2v) is 17.4. The van der Waals surface area contributed by atoms with Crippen LogP contribution in [0.3, 0.4) is 0 Å². The highest BCUT2D eigenvalue weighted by Crippen LogP contribution is 2.27. The van der Waals surface area contributed by atoms with Crippen molar-refractivity contribution in [3.63, 3.8) is 0 Å². The van der Waals surface area contributed by atoms with E-state index in [9.17, 15) is 9.59 Å². The van der Waals surface area contributed by atoms with Gasteiger partial charge in [0.2, 0.25) is 0 Å². The topological polar surface area (TPSA) is 59.1 Å². The van der Waals surface area contributed by atoms with E-state index in [1.54, 1.807) is 0 Å². The molecule has 0 aromatic rings. The number of esters is 2. The minimum absolute atomic E-state index is 0.194. The Morgan fingerprint density at radius 1 is 0.456 bits per heavy atom. The van der Waals surface area contributed by atoms with Crippen LogP contribution in [-0.4, -0.2) is 75.2 Å². The molecule has 332 valence electrons. The standard InChI is InChI=1S/C51H94N2O4/c1-9-11-13-15-17-19-21-22-23-24-25-27-29-31-33-35-40-48(56-50(54)42-44-52(5)6)49(57-51(55)43-45-53(7)8)41-37-36-39-47(46(3)4)38-34-32-30-28-26-20-18-16-14-12-10-2/h17-20,22-23,28,30,46-49H,9-16,21,24-27,29,31-45H2,1-8H3. The maximum absolute atomic E-state index is 13.1. The summed E-state index contributed by atoms with van der Waals surface area (Å²) in [6, 6.07) is 0. The van der Waals surface area contributed by atoms with E-state index in [-0.39, 0.29) is 11.9 Å². The summed E-state index contributed by atoms with van der Waals surface area (Å²) in [6.07, 6.45) is 47.3. The molecule has 57 heavy (non-hydrogen) atoms. The van der Waals surface area contributed by atoms with E-state index < -0.39 is 12.2 Å². The average molecular weight is 799 g/mol. The summed E-state index contributed by atoms with van der Waals surface area (Å²) in [5.41, 5.74) is 0. The minimum Gasteiger partial charge on any atom is -0.458 e. The fourth-order valence-corrected chi connectivity index (χ4v) is 7.14. The lowest BCUT2D eigenvalue weighted by atomic mass is 9.85. The second-order valence-electron chi connectivity index (χ2n) is 17.4. The predicted octanol–water partition coefficient (Wildman–Crippen LogP) is 14.0. The van der Waals surface area contributed by atoms with Crippen molar-refractivity contribution in [2.75, 3.05) is 41.3 Å². The van der Waals surface area contributed by atoms with Gasteiger partial charge in [0, 0.05) is 13.1 Å². The van der Waals surface area contributed by atoms with E-state index in [2.05, 4.69) is 76.3 Å². The molecule has 6 heteroatoms. The van der Waals surface area contributed by atoms with Gasteiger partial charge in [0.1, 0.15) is 12.2 Å². The highest BCUT2D eigenvalue weighted by atomic mass is 16.6. The molecule has 0 heterocycles. The summed E-state index contributed by atoms with van der Waals surface area (Å²) in [5.74, 6) is 0.949. The molecule has 0 aliphatic carbocycles. The summed E-state index contributed by atoms with van der Waals surface area (Å²) in [4.78, 5) is 30.2. The van der Waals surface area contributed by atoms with Gasteiger partial charge in [-0.15, -0.1) is 0 Å². The van der Waals surface area contributed by atoms with Crippen molar-refractivity contribution in [2.24, 2.45) is 11.8 Å². The zero-order chi connectivity index (χ0) is 42.2. The van der Waals surface area contributed by atoms with Crippen LogP contribution < -0.4 is 0 Å². The molecule has 0 N–H and O–H groups in total. The number of carbonyl (C=O) groups is 2. The van der Waals surface area contributed by atoms with Crippen LogP contribution in [0.2, 0.25) is 0 Å². The Labute approximate surface area is 354 Å². The van der Waals surface area contributed by atoms with E-state index in [1.807, 2.05) is 38.0 Å². The molecule has 0 amide bonds. The van der Waals surface area contributed by atoms with E-state index >= 15 is 0 Å². The number of unbranched alkanes of at least 4 members (excludes halogenated alkanes) is 14. The fraction of sp³-hybridized carbons (Fsp3) is 0.804. The van der Waals surface area contributed by atoms with E-state index in [0.29, 0.717) is 37.8 Å². The molecule has 0 fully saturated rings. The minimum atomic E-state index is -0.399. The van der Waals surface area contributed by atoms with Crippen molar-refractivity contribution < 1.29 is 19.1 Å². The number of hydrogen-bond donors (Lipinski definition) is 0. The fourth-order valence-electron chi connectivity index (χ4n) is 7.14. The van der Waals surface area contributed by atoms with Crippen molar-refractivity contribution in [1.29, 1.82) is 0 Å². The SMILES string of the molecule is CCCCCC=CCC=CCCCCCCCCC(OC(=O)CCN(C)C)C(CCCCC(CCCC=CCC=CCCCCC)C(C)C)OC(=O)CCN(C)C. The van der Waals surface area contributed by atoms with Crippen molar-refractivity contribution in [3.8, 4) is 0 Å². The molecule has 0 aromatic carbocycles. The van der Waals surface area contributed by atoms with Crippen LogP contribution in [0.15, 0.2) is 48.6 Å². The Kier molecular flexibility index (Phi) is 39.0. The lowest BCUT2D eigenvalue weighted by molar-refractivity contribution is -0.169. The molecular formula is C51H94N2O4. The highest BCUT2D eigenvalue weighted by molar-refractivity contribution is 5.71. The summed E-state index contributed by atoms with van der Waals surface area (Å²) >= 11 is 0. The smallest absolute Gasteiger partial charge is 0.307 e. The van der Waals surface area contributed by atoms with Gasteiger partial charge in [-0.2, -0.15) is 0 Å². The Balaban J connectivity index is 5.10. The predicted molar refractivity (Wildman–Crippen MR) is 248 cm³/mol. The average Bonchev–Trinajstić information content (AvgIpc) is 3.17. The first-order chi connectivity index (χ1) is 27.6. The Bertz CT molecular complexity index is 1030. The molecule has 6 nitrogen and oxygen atoms in total. The molecule has 0 spiro atoms. The number of allylic oxidation sites excluding steroid dienone is 8. The second kappa shape index (κ2) is 40.6. The molecule has 0 rings (SSSR count). The van der Waals surface area contributed by atoms with Crippen molar-refractivity contribution in [1.82, 2.24) is 9.80 Å². The molecule has 3 unspecified atom stereocenters. The largest absolute Gasteiger partial charge is 0.458 e. The molecule has 0 aliphatic rings. The van der Waals surface area contributed by atoms with Crippen molar-refractivity contribution >= 4 is 11.9 Å². The molecule has 0 saturated carbocycles. The van der Waals surface area contributed by atoms with E-state index in [0.717, 1.165) is 64.2 Å². The molecule has 0 bridgehead atoms. The quantitative estimate of drug-likeness (QED) is 0.0350. The van der Waals surface area contributed by atoms with Gasteiger partial charge in [-0.05, 0) is 136 Å². The van der Waals surface area contributed by atoms with Crippen LogP contribution in [0.5, 0.6) is 0 Å². The first-order valence-corrected chi connectivity index (χ1v) is 23.9. The molecule has 0 aliphatic heterocycles. The number of nitrogens with zero attached hydrogens (tertiary/aromatic N) is 2. The summed E-state index contributed by atoms with van der Waals surface area (Å²) in [7, 11) is 7.89. The van der Waals surface area contributed by atoms with Crippen molar-refractivity contribution in [2.45, 2.75) is 213 Å². The van der Waals surface area contributed by atoms with Gasteiger partial charge in [0.25, 0.3) is 0 Å². The van der Waals surface area contributed by atoms with Gasteiger partial charge in [-0.1, -0.05) is 141 Å². The van der Waals surface area contributed by atoms with Gasteiger partial charge >= 0.3 is 11.9 Å². The summed E-state index contributed by atoms with van der Waals surface area (Å²) < 4.78 is 12.4. The van der Waals surface area contributed by atoms with E-state index in [1.165, 1.54) is 96.3 Å². The summed E-state index contributed by atoms with van der Waals surface area (Å²) in [5, 5.41) is 0. The Morgan fingerprint density at radius 2 is 0.807 bits per heavy atom. The Hall–Kier alpha value is -2.18. The number of hydrogen-bond acceptors (Lipinski definition) is 6. The lowest BCUT2D eigenvalue weighted by Crippen LogP contribution is -2.36. The van der Waals surface area contributed by atoms with E-state index in [4.69, 9.17) is 9.47 Å².